The smallest absolute Gasteiger partial charge is 0.253 e. The van der Waals surface area contributed by atoms with Crippen molar-refractivity contribution in [1.29, 1.82) is 0 Å². The largest absolute Gasteiger partial charge is 0.433 e. The van der Waals surface area contributed by atoms with Gasteiger partial charge in [-0.05, 0) is 30.7 Å². The Morgan fingerprint density at radius 1 is 1.11 bits per heavy atom. The molecule has 0 radical (unpaired) electrons. The highest BCUT2D eigenvalue weighted by molar-refractivity contribution is 5.58. The fraction of sp³-hybridized carbons (Fsp3) is 0.286. The molecule has 0 saturated heterocycles. The molecule has 0 aliphatic heterocycles. The fourth-order valence-corrected chi connectivity index (χ4v) is 1.75. The van der Waals surface area contributed by atoms with E-state index in [2.05, 4.69) is 9.97 Å². The van der Waals surface area contributed by atoms with Gasteiger partial charge in [-0.1, -0.05) is 19.4 Å². The van der Waals surface area contributed by atoms with Crippen molar-refractivity contribution in [2.75, 3.05) is 0 Å². The first kappa shape index (κ1) is 13.5. The van der Waals surface area contributed by atoms with Gasteiger partial charge in [0.15, 0.2) is 0 Å². The molecule has 2 heterocycles. The summed E-state index contributed by atoms with van der Waals surface area (Å²) >= 11 is 0. The van der Waals surface area contributed by atoms with E-state index in [0.29, 0.717) is 11.3 Å². The Hall–Kier alpha value is -1.91. The van der Waals surface area contributed by atoms with Crippen LogP contribution in [0.1, 0.15) is 24.7 Å². The first-order valence-corrected chi connectivity index (χ1v) is 6.00. The molecule has 0 aliphatic rings. The minimum absolute atomic E-state index is 0.589. The zero-order chi connectivity index (χ0) is 13.9. The molecular weight excluding hydrogens is 253 g/mol. The normalized spacial score (nSPS) is 11.6. The van der Waals surface area contributed by atoms with Crippen LogP contribution in [-0.4, -0.2) is 9.97 Å². The van der Waals surface area contributed by atoms with Crippen LogP contribution in [0.15, 0.2) is 36.5 Å². The summed E-state index contributed by atoms with van der Waals surface area (Å²) in [5.74, 6) is 0. The maximum Gasteiger partial charge on any atom is 0.433 e. The minimum atomic E-state index is -4.41. The van der Waals surface area contributed by atoms with Crippen molar-refractivity contribution in [1.82, 2.24) is 9.97 Å². The van der Waals surface area contributed by atoms with Crippen molar-refractivity contribution in [2.24, 2.45) is 0 Å². The van der Waals surface area contributed by atoms with Gasteiger partial charge in [-0.2, -0.15) is 13.2 Å². The molecule has 5 heteroatoms. The van der Waals surface area contributed by atoms with Gasteiger partial charge in [-0.3, -0.25) is 9.97 Å². The Kier molecular flexibility index (Phi) is 3.83. The molecule has 19 heavy (non-hydrogen) atoms. The lowest BCUT2D eigenvalue weighted by Gasteiger charge is -2.07. The number of halogens is 3. The third kappa shape index (κ3) is 3.30. The van der Waals surface area contributed by atoms with E-state index in [1.807, 2.05) is 19.1 Å². The van der Waals surface area contributed by atoms with Crippen LogP contribution < -0.4 is 0 Å². The van der Waals surface area contributed by atoms with Gasteiger partial charge in [0.1, 0.15) is 5.69 Å². The summed E-state index contributed by atoms with van der Waals surface area (Å²) in [7, 11) is 0. The van der Waals surface area contributed by atoms with Gasteiger partial charge in [0.2, 0.25) is 0 Å². The number of aromatic nitrogens is 2. The van der Waals surface area contributed by atoms with Crippen LogP contribution in [0.25, 0.3) is 11.3 Å². The highest BCUT2D eigenvalue weighted by Gasteiger charge is 2.32. The SMILES string of the molecule is CCCc1cccc(-c2ccc(C(F)(F)F)nc2)n1. The van der Waals surface area contributed by atoms with Gasteiger partial charge in [-0.25, -0.2) is 0 Å². The van der Waals surface area contributed by atoms with Crippen molar-refractivity contribution < 1.29 is 13.2 Å². The molecule has 0 amide bonds. The van der Waals surface area contributed by atoms with Gasteiger partial charge >= 0.3 is 6.18 Å². The number of alkyl halides is 3. The summed E-state index contributed by atoms with van der Waals surface area (Å²) < 4.78 is 37.2. The van der Waals surface area contributed by atoms with Crippen molar-refractivity contribution in [3.8, 4) is 11.3 Å². The first-order chi connectivity index (χ1) is 9.00. The van der Waals surface area contributed by atoms with Gasteiger partial charge in [0, 0.05) is 17.5 Å². The van der Waals surface area contributed by atoms with E-state index in [4.69, 9.17) is 0 Å². The zero-order valence-electron chi connectivity index (χ0n) is 10.4. The number of aryl methyl sites for hydroxylation is 1. The van der Waals surface area contributed by atoms with Crippen LogP contribution >= 0.6 is 0 Å². The second kappa shape index (κ2) is 5.38. The van der Waals surface area contributed by atoms with E-state index in [1.54, 1.807) is 6.07 Å². The molecule has 0 aromatic carbocycles. The topological polar surface area (TPSA) is 25.8 Å². The molecule has 0 N–H and O–H groups in total. The molecule has 100 valence electrons. The van der Waals surface area contributed by atoms with Crippen molar-refractivity contribution in [3.63, 3.8) is 0 Å². The lowest BCUT2D eigenvalue weighted by Crippen LogP contribution is -2.07. The van der Waals surface area contributed by atoms with Crippen LogP contribution in [0.5, 0.6) is 0 Å². The lowest BCUT2D eigenvalue weighted by atomic mass is 10.1. The Bertz CT molecular complexity index is 547. The van der Waals surface area contributed by atoms with Gasteiger partial charge < -0.3 is 0 Å². The molecule has 0 atom stereocenters. The standard InChI is InChI=1S/C14H13F3N2/c1-2-4-11-5-3-6-12(19-11)10-7-8-13(18-9-10)14(15,16)17/h3,5-9H,2,4H2,1H3. The fourth-order valence-electron chi connectivity index (χ4n) is 1.75. The molecule has 0 spiro atoms. The number of hydrogen-bond acceptors (Lipinski definition) is 2. The van der Waals surface area contributed by atoms with E-state index in [0.717, 1.165) is 24.6 Å². The zero-order valence-corrected chi connectivity index (χ0v) is 10.4. The van der Waals surface area contributed by atoms with Gasteiger partial charge in [0.05, 0.1) is 5.69 Å². The van der Waals surface area contributed by atoms with E-state index in [9.17, 15) is 13.2 Å². The van der Waals surface area contributed by atoms with Crippen LogP contribution in [-0.2, 0) is 12.6 Å². The van der Waals surface area contributed by atoms with Crippen LogP contribution in [0.4, 0.5) is 13.2 Å². The van der Waals surface area contributed by atoms with Gasteiger partial charge in [-0.15, -0.1) is 0 Å². The van der Waals surface area contributed by atoms with Crippen LogP contribution in [0.2, 0.25) is 0 Å². The summed E-state index contributed by atoms with van der Waals surface area (Å²) in [6.07, 6.45) is -1.37. The average molecular weight is 266 g/mol. The maximum atomic E-state index is 12.4. The molecule has 2 aromatic heterocycles. The maximum absolute atomic E-state index is 12.4. The lowest BCUT2D eigenvalue weighted by molar-refractivity contribution is -0.141. The summed E-state index contributed by atoms with van der Waals surface area (Å²) in [5, 5.41) is 0. The third-order valence-electron chi connectivity index (χ3n) is 2.66. The number of nitrogens with zero attached hydrogens (tertiary/aromatic N) is 2. The molecule has 0 bridgehead atoms. The van der Waals surface area contributed by atoms with Crippen LogP contribution in [0.3, 0.4) is 0 Å². The second-order valence-corrected chi connectivity index (χ2v) is 4.19. The van der Waals surface area contributed by atoms with Gasteiger partial charge in [0.25, 0.3) is 0 Å². The number of rotatable bonds is 3. The van der Waals surface area contributed by atoms with Crippen molar-refractivity contribution in [2.45, 2.75) is 25.9 Å². The van der Waals surface area contributed by atoms with Crippen molar-refractivity contribution >= 4 is 0 Å². The second-order valence-electron chi connectivity index (χ2n) is 4.19. The molecule has 0 aliphatic carbocycles. The third-order valence-corrected chi connectivity index (χ3v) is 2.66. The van der Waals surface area contributed by atoms with Crippen LogP contribution in [0, 0.1) is 0 Å². The Labute approximate surface area is 109 Å². The number of hydrogen-bond donors (Lipinski definition) is 0. The highest BCUT2D eigenvalue weighted by atomic mass is 19.4. The molecule has 2 nitrogen and oxygen atoms in total. The predicted octanol–water partition coefficient (Wildman–Crippen LogP) is 4.11. The number of pyridine rings is 2. The quantitative estimate of drug-likeness (QED) is 0.835. The summed E-state index contributed by atoms with van der Waals surface area (Å²) in [6, 6.07) is 7.90. The van der Waals surface area contributed by atoms with E-state index in [-0.39, 0.29) is 0 Å². The predicted molar refractivity (Wildman–Crippen MR) is 66.5 cm³/mol. The molecule has 0 saturated carbocycles. The summed E-state index contributed by atoms with van der Waals surface area (Å²) in [5.41, 5.74) is 1.28. The average Bonchev–Trinajstić information content (AvgIpc) is 2.39. The first-order valence-electron chi connectivity index (χ1n) is 6.00. The summed E-state index contributed by atoms with van der Waals surface area (Å²) in [6.45, 7) is 2.05. The van der Waals surface area contributed by atoms with Crippen molar-refractivity contribution in [3.05, 3.63) is 47.9 Å². The Balaban J connectivity index is 2.29. The monoisotopic (exact) mass is 266 g/mol. The minimum Gasteiger partial charge on any atom is -0.253 e. The molecular formula is C14H13F3N2. The molecule has 0 fully saturated rings. The molecule has 2 rings (SSSR count). The Morgan fingerprint density at radius 3 is 2.47 bits per heavy atom. The molecule has 2 aromatic rings. The Morgan fingerprint density at radius 2 is 1.89 bits per heavy atom. The van der Waals surface area contributed by atoms with E-state index < -0.39 is 11.9 Å². The molecule has 0 unspecified atom stereocenters. The highest BCUT2D eigenvalue weighted by Crippen LogP contribution is 2.28. The van der Waals surface area contributed by atoms with E-state index >= 15 is 0 Å². The van der Waals surface area contributed by atoms with E-state index in [1.165, 1.54) is 12.3 Å². The summed E-state index contributed by atoms with van der Waals surface area (Å²) in [4.78, 5) is 7.84.